The molecule has 0 radical (unpaired) electrons. The first-order valence-corrected chi connectivity index (χ1v) is 10.2. The molecule has 0 saturated heterocycles. The Hall–Kier alpha value is -0.420. The van der Waals surface area contributed by atoms with E-state index in [1.165, 1.54) is 25.7 Å². The minimum absolute atomic E-state index is 0.0360. The number of hydrogen-bond donors (Lipinski definition) is 0. The summed E-state index contributed by atoms with van der Waals surface area (Å²) >= 11 is 0. The fourth-order valence-corrected chi connectivity index (χ4v) is 3.61. The van der Waals surface area contributed by atoms with E-state index in [-0.39, 0.29) is 11.5 Å². The molecule has 0 rings (SSSR count). The minimum Gasteiger partial charge on any atom is -0.381 e. The van der Waals surface area contributed by atoms with Crippen LogP contribution in [0.1, 0.15) is 85.5 Å². The van der Waals surface area contributed by atoms with Crippen LogP contribution in [0.5, 0.6) is 0 Å². The molecular weight excluding hydrogens is 328 g/mol. The van der Waals surface area contributed by atoms with Crippen LogP contribution in [-0.4, -0.2) is 40.5 Å². The topological polar surface area (TPSA) is 36.9 Å². The fraction of sp³-hybridized carbons (Fsp3) is 0.909. The quantitative estimate of drug-likeness (QED) is 0.190. The monoisotopic (exact) mass is 374 g/mol. The molecule has 0 bridgehead atoms. The summed E-state index contributed by atoms with van der Waals surface area (Å²) in [7, 11) is 6.68. The van der Waals surface area contributed by atoms with Gasteiger partial charge in [0.25, 0.3) is 5.97 Å². The molecular formula is C22H46O4. The van der Waals surface area contributed by atoms with Crippen molar-refractivity contribution in [1.82, 2.24) is 0 Å². The Morgan fingerprint density at radius 3 is 1.69 bits per heavy atom. The van der Waals surface area contributed by atoms with Crippen molar-refractivity contribution in [3.05, 3.63) is 12.7 Å². The highest BCUT2D eigenvalue weighted by atomic mass is 16.9. The zero-order chi connectivity index (χ0) is 20.5. The van der Waals surface area contributed by atoms with Crippen molar-refractivity contribution < 1.29 is 18.9 Å². The lowest BCUT2D eigenvalue weighted by molar-refractivity contribution is -0.418. The van der Waals surface area contributed by atoms with Crippen LogP contribution >= 0.6 is 0 Å². The molecule has 0 heterocycles. The summed E-state index contributed by atoms with van der Waals surface area (Å²) in [5, 5.41) is 0. The molecule has 158 valence electrons. The fourth-order valence-electron chi connectivity index (χ4n) is 3.61. The van der Waals surface area contributed by atoms with Gasteiger partial charge in [-0.3, -0.25) is 0 Å². The predicted octanol–water partition coefficient (Wildman–Crippen LogP) is 6.34. The summed E-state index contributed by atoms with van der Waals surface area (Å²) in [6.07, 6.45) is 12.2. The third kappa shape index (κ3) is 8.51. The molecule has 0 aromatic rings. The molecule has 0 aromatic heterocycles. The molecule has 26 heavy (non-hydrogen) atoms. The molecule has 0 N–H and O–H groups in total. The van der Waals surface area contributed by atoms with Crippen molar-refractivity contribution >= 4 is 0 Å². The van der Waals surface area contributed by atoms with Crippen LogP contribution in [0.25, 0.3) is 0 Å². The van der Waals surface area contributed by atoms with E-state index in [9.17, 15) is 0 Å². The molecule has 0 spiro atoms. The van der Waals surface area contributed by atoms with Crippen LogP contribution < -0.4 is 0 Å². The Bertz CT molecular complexity index is 307. The predicted molar refractivity (Wildman–Crippen MR) is 111 cm³/mol. The molecule has 4 nitrogen and oxygen atoms in total. The van der Waals surface area contributed by atoms with Gasteiger partial charge in [-0.1, -0.05) is 65.4 Å². The van der Waals surface area contributed by atoms with Gasteiger partial charge in [-0.25, -0.2) is 0 Å². The van der Waals surface area contributed by atoms with E-state index in [1.54, 1.807) is 28.4 Å². The number of methoxy groups -OCH3 is 4. The maximum Gasteiger partial charge on any atom is 0.290 e. The Morgan fingerprint density at radius 2 is 1.35 bits per heavy atom. The summed E-state index contributed by atoms with van der Waals surface area (Å²) in [6.45, 7) is 12.1. The van der Waals surface area contributed by atoms with Crippen molar-refractivity contribution in [3.8, 4) is 0 Å². The largest absolute Gasteiger partial charge is 0.381 e. The third-order valence-electron chi connectivity index (χ3n) is 5.13. The Kier molecular flexibility index (Phi) is 17.9. The van der Waals surface area contributed by atoms with Crippen molar-refractivity contribution in [2.24, 2.45) is 5.41 Å². The summed E-state index contributed by atoms with van der Waals surface area (Å²) in [5.74, 6) is -1.08. The van der Waals surface area contributed by atoms with Crippen molar-refractivity contribution in [1.29, 1.82) is 0 Å². The average molecular weight is 375 g/mol. The first kappa shape index (κ1) is 27.8. The lowest BCUT2D eigenvalue weighted by Crippen LogP contribution is -2.57. The van der Waals surface area contributed by atoms with Crippen molar-refractivity contribution in [2.45, 2.75) is 97.6 Å². The minimum atomic E-state index is -1.08. The van der Waals surface area contributed by atoms with E-state index < -0.39 is 5.97 Å². The van der Waals surface area contributed by atoms with E-state index in [4.69, 9.17) is 18.9 Å². The second kappa shape index (κ2) is 16.7. The second-order valence-electron chi connectivity index (χ2n) is 6.96. The molecule has 2 unspecified atom stereocenters. The summed E-state index contributed by atoms with van der Waals surface area (Å²) < 4.78 is 22.8. The van der Waals surface area contributed by atoms with Gasteiger partial charge < -0.3 is 18.9 Å². The highest BCUT2D eigenvalue weighted by molar-refractivity contribution is 4.91. The van der Waals surface area contributed by atoms with Gasteiger partial charge in [0.15, 0.2) is 0 Å². The van der Waals surface area contributed by atoms with Crippen LogP contribution in [-0.2, 0) is 18.9 Å². The lowest BCUT2D eigenvalue weighted by Gasteiger charge is -2.48. The molecule has 0 amide bonds. The maximum absolute atomic E-state index is 5.85. The van der Waals surface area contributed by atoms with Gasteiger partial charge in [-0.05, 0) is 26.2 Å². The van der Waals surface area contributed by atoms with Crippen molar-refractivity contribution in [3.63, 3.8) is 0 Å². The molecule has 0 aliphatic heterocycles. The van der Waals surface area contributed by atoms with E-state index in [0.717, 1.165) is 32.1 Å². The average Bonchev–Trinajstić information content (AvgIpc) is 2.66. The zero-order valence-corrected chi connectivity index (χ0v) is 18.9. The number of hydrogen-bond acceptors (Lipinski definition) is 4. The highest BCUT2D eigenvalue weighted by Crippen LogP contribution is 2.45. The van der Waals surface area contributed by atoms with Crippen LogP contribution in [0.15, 0.2) is 12.7 Å². The molecule has 0 aliphatic carbocycles. The summed E-state index contributed by atoms with van der Waals surface area (Å²) in [4.78, 5) is 0. The third-order valence-corrected chi connectivity index (χ3v) is 5.13. The van der Waals surface area contributed by atoms with Crippen LogP contribution in [0.2, 0.25) is 0 Å². The molecule has 0 saturated carbocycles. The lowest BCUT2D eigenvalue weighted by atomic mass is 9.75. The SMILES string of the molecule is C=CCC.CCCCCCCC(OC)C(C)(CCC)C(OC)(OC)OC. The molecule has 2 atom stereocenters. The van der Waals surface area contributed by atoms with E-state index in [2.05, 4.69) is 34.3 Å². The summed E-state index contributed by atoms with van der Waals surface area (Å²) in [5.41, 5.74) is -0.362. The maximum atomic E-state index is 5.85. The molecule has 0 fully saturated rings. The standard InChI is InChI=1S/C18H38O4.C4H8/c1-8-10-11-12-13-14-16(19-4)17(3,15-9-2)18(20-5,21-6)22-7;1-3-4-2/h16H,8-15H2,1-7H3;3H,1,4H2,2H3. The van der Waals surface area contributed by atoms with Gasteiger partial charge in [-0.2, -0.15) is 0 Å². The molecule has 0 aliphatic rings. The number of ether oxygens (including phenoxy) is 4. The van der Waals surface area contributed by atoms with Gasteiger partial charge in [0.05, 0.1) is 11.5 Å². The highest BCUT2D eigenvalue weighted by Gasteiger charge is 2.54. The summed E-state index contributed by atoms with van der Waals surface area (Å²) in [6, 6.07) is 0. The van der Waals surface area contributed by atoms with Gasteiger partial charge in [-0.15, -0.1) is 6.58 Å². The van der Waals surface area contributed by atoms with Gasteiger partial charge >= 0.3 is 0 Å². The number of rotatable bonds is 15. The Morgan fingerprint density at radius 1 is 0.846 bits per heavy atom. The van der Waals surface area contributed by atoms with E-state index in [1.807, 2.05) is 6.08 Å². The van der Waals surface area contributed by atoms with Crippen LogP contribution in [0.3, 0.4) is 0 Å². The van der Waals surface area contributed by atoms with E-state index >= 15 is 0 Å². The first-order chi connectivity index (χ1) is 12.4. The second-order valence-corrected chi connectivity index (χ2v) is 6.96. The number of allylic oxidation sites excluding steroid dienone is 1. The van der Waals surface area contributed by atoms with Gasteiger partial charge in [0, 0.05) is 28.4 Å². The first-order valence-electron chi connectivity index (χ1n) is 10.2. The Labute approximate surface area is 163 Å². The molecule has 0 aromatic carbocycles. The normalized spacial score (nSPS) is 14.9. The smallest absolute Gasteiger partial charge is 0.290 e. The van der Waals surface area contributed by atoms with Crippen LogP contribution in [0.4, 0.5) is 0 Å². The zero-order valence-electron chi connectivity index (χ0n) is 18.9. The van der Waals surface area contributed by atoms with Crippen LogP contribution in [0, 0.1) is 5.41 Å². The van der Waals surface area contributed by atoms with Crippen molar-refractivity contribution in [2.75, 3.05) is 28.4 Å². The van der Waals surface area contributed by atoms with Gasteiger partial charge in [0.2, 0.25) is 0 Å². The van der Waals surface area contributed by atoms with Gasteiger partial charge in [0.1, 0.15) is 0 Å². The number of unbranched alkanes of at least 4 members (excludes halogenated alkanes) is 4. The molecule has 4 heteroatoms. The van der Waals surface area contributed by atoms with E-state index in [0.29, 0.717) is 0 Å². The Balaban J connectivity index is 0.